The largest absolute Gasteiger partial charge is 0.370 e. The van der Waals surface area contributed by atoms with E-state index < -0.39 is 0 Å². The number of nitrogens with zero attached hydrogens (tertiary/aromatic N) is 3. The van der Waals surface area contributed by atoms with Gasteiger partial charge in [-0.15, -0.1) is 0 Å². The summed E-state index contributed by atoms with van der Waals surface area (Å²) in [6.45, 7) is 2.03. The van der Waals surface area contributed by atoms with Gasteiger partial charge in [0.25, 0.3) is 0 Å². The Morgan fingerprint density at radius 1 is 1.56 bits per heavy atom. The zero-order valence-corrected chi connectivity index (χ0v) is 9.75. The number of nitrogens with two attached hydrogens (primary N) is 2. The van der Waals surface area contributed by atoms with Crippen molar-refractivity contribution in [3.05, 3.63) is 11.7 Å². The third kappa shape index (κ3) is 4.30. The van der Waals surface area contributed by atoms with Crippen LogP contribution in [0.5, 0.6) is 0 Å². The third-order valence-electron chi connectivity index (χ3n) is 1.54. The van der Waals surface area contributed by atoms with Gasteiger partial charge in [-0.25, -0.2) is 0 Å². The predicted octanol–water partition coefficient (Wildman–Crippen LogP) is 0.463. The highest BCUT2D eigenvalue weighted by Gasteiger charge is 2.06. The normalized spacial score (nSPS) is 10.1. The van der Waals surface area contributed by atoms with Crippen LogP contribution in [0.15, 0.2) is 9.52 Å². The molecule has 7 nitrogen and oxygen atoms in total. The maximum atomic E-state index is 7.39. The summed E-state index contributed by atoms with van der Waals surface area (Å²) in [5.74, 6) is 1.45. The molecule has 0 spiro atoms. The molecule has 0 fully saturated rings. The van der Waals surface area contributed by atoms with E-state index in [1.165, 1.54) is 0 Å². The number of amidine groups is 1. The first kappa shape index (κ1) is 12.5. The highest BCUT2D eigenvalue weighted by Crippen LogP contribution is 2.11. The van der Waals surface area contributed by atoms with Gasteiger partial charge in [0, 0.05) is 6.42 Å². The quantitative estimate of drug-likeness (QED) is 0.520. The van der Waals surface area contributed by atoms with Crippen molar-refractivity contribution < 1.29 is 4.52 Å². The molecule has 0 aromatic carbocycles. The summed E-state index contributed by atoms with van der Waals surface area (Å²) >= 11 is 1.14. The second-order valence-electron chi connectivity index (χ2n) is 2.98. The fraction of sp³-hybridized carbons (Fsp3) is 0.500. The van der Waals surface area contributed by atoms with Crippen molar-refractivity contribution in [3.8, 4) is 0 Å². The molecule has 0 aliphatic rings. The van der Waals surface area contributed by atoms with Crippen molar-refractivity contribution in [2.45, 2.75) is 25.5 Å². The Morgan fingerprint density at radius 2 is 2.31 bits per heavy atom. The minimum Gasteiger partial charge on any atom is -0.370 e. The van der Waals surface area contributed by atoms with Crippen LogP contribution < -0.4 is 11.5 Å². The Morgan fingerprint density at radius 3 is 2.94 bits per heavy atom. The van der Waals surface area contributed by atoms with E-state index in [1.54, 1.807) is 0 Å². The molecule has 0 aliphatic carbocycles. The summed E-state index contributed by atoms with van der Waals surface area (Å²) in [7, 11) is 0. The Hall–Kier alpha value is -1.57. The minimum absolute atomic E-state index is 0.0295. The molecule has 1 aromatic heterocycles. The van der Waals surface area contributed by atoms with Crippen LogP contribution in [0, 0.1) is 5.41 Å². The van der Waals surface area contributed by atoms with Gasteiger partial charge in [0.05, 0.1) is 5.75 Å². The van der Waals surface area contributed by atoms with Gasteiger partial charge in [0.2, 0.25) is 5.89 Å². The van der Waals surface area contributed by atoms with Crippen molar-refractivity contribution in [2.75, 3.05) is 0 Å². The molecule has 0 saturated carbocycles. The highest BCUT2D eigenvalue weighted by atomic mass is 32.2. The average molecular weight is 242 g/mol. The van der Waals surface area contributed by atoms with Crippen LogP contribution in [-0.4, -0.2) is 21.3 Å². The first-order valence-electron chi connectivity index (χ1n) is 4.74. The Kier molecular flexibility index (Phi) is 4.77. The summed E-state index contributed by atoms with van der Waals surface area (Å²) in [4.78, 5) is 7.71. The van der Waals surface area contributed by atoms with Crippen molar-refractivity contribution in [2.24, 2.45) is 16.5 Å². The number of nitrogens with one attached hydrogen (secondary N) is 1. The molecule has 0 amide bonds. The molecular weight excluding hydrogens is 228 g/mol. The molecule has 0 aliphatic heterocycles. The molecule has 5 N–H and O–H groups in total. The molecule has 16 heavy (non-hydrogen) atoms. The molecule has 0 radical (unpaired) electrons. The maximum absolute atomic E-state index is 7.39. The fourth-order valence-corrected chi connectivity index (χ4v) is 1.50. The topological polar surface area (TPSA) is 127 Å². The predicted molar refractivity (Wildman–Crippen MR) is 63.1 cm³/mol. The standard InChI is InChI=1S/C8H14N6OS/c1-2-3-6-12-5(14-15-6)4-16-8(11)13-7(9)10/h2-4H2,1H3,(H5,9,10,11,13). The van der Waals surface area contributed by atoms with E-state index in [2.05, 4.69) is 15.1 Å². The number of rotatable bonds is 4. The number of hydrogen-bond donors (Lipinski definition) is 3. The molecule has 1 heterocycles. The number of thioether (sulfide) groups is 1. The van der Waals surface area contributed by atoms with Gasteiger partial charge in [-0.2, -0.15) is 9.98 Å². The van der Waals surface area contributed by atoms with Gasteiger partial charge in [0.1, 0.15) is 0 Å². The molecule has 0 unspecified atom stereocenters. The van der Waals surface area contributed by atoms with Crippen LogP contribution in [0.3, 0.4) is 0 Å². The third-order valence-corrected chi connectivity index (χ3v) is 2.31. The summed E-state index contributed by atoms with van der Waals surface area (Å²) in [5.41, 5.74) is 10.3. The maximum Gasteiger partial charge on any atom is 0.226 e. The van der Waals surface area contributed by atoms with Gasteiger partial charge in [0.15, 0.2) is 17.0 Å². The monoisotopic (exact) mass is 242 g/mol. The first-order valence-corrected chi connectivity index (χ1v) is 5.72. The first-order chi connectivity index (χ1) is 7.61. The van der Waals surface area contributed by atoms with Gasteiger partial charge < -0.3 is 16.0 Å². The number of aliphatic imine (C=N–C) groups is 1. The van der Waals surface area contributed by atoms with Gasteiger partial charge in [-0.3, -0.25) is 5.41 Å². The summed E-state index contributed by atoms with van der Waals surface area (Å²) < 4.78 is 4.99. The van der Waals surface area contributed by atoms with Crippen LogP contribution in [0.1, 0.15) is 25.1 Å². The SMILES string of the molecule is CCCc1nc(CSC(=N)N=C(N)N)no1. The zero-order valence-electron chi connectivity index (χ0n) is 8.93. The zero-order chi connectivity index (χ0) is 12.0. The van der Waals surface area contributed by atoms with Gasteiger partial charge in [-0.05, 0) is 6.42 Å². The van der Waals surface area contributed by atoms with Crippen LogP contribution in [0.25, 0.3) is 0 Å². The van der Waals surface area contributed by atoms with Crippen molar-refractivity contribution in [1.82, 2.24) is 10.1 Å². The van der Waals surface area contributed by atoms with Crippen molar-refractivity contribution in [3.63, 3.8) is 0 Å². The van der Waals surface area contributed by atoms with E-state index >= 15 is 0 Å². The van der Waals surface area contributed by atoms with E-state index in [9.17, 15) is 0 Å². The molecule has 0 atom stereocenters. The Bertz CT molecular complexity index is 384. The van der Waals surface area contributed by atoms with Gasteiger partial charge >= 0.3 is 0 Å². The number of aromatic nitrogens is 2. The van der Waals surface area contributed by atoms with E-state index in [0.29, 0.717) is 17.5 Å². The van der Waals surface area contributed by atoms with Crippen LogP contribution in [-0.2, 0) is 12.2 Å². The Balaban J connectivity index is 2.42. The lowest BCUT2D eigenvalue weighted by Gasteiger charge is -1.94. The second-order valence-corrected chi connectivity index (χ2v) is 3.95. The molecule has 0 bridgehead atoms. The molecule has 8 heteroatoms. The molecule has 88 valence electrons. The summed E-state index contributed by atoms with van der Waals surface area (Å²) in [5, 5.41) is 11.2. The molecular formula is C8H14N6OS. The minimum atomic E-state index is -0.128. The van der Waals surface area contributed by atoms with E-state index in [-0.39, 0.29) is 11.1 Å². The fourth-order valence-electron chi connectivity index (χ4n) is 0.947. The summed E-state index contributed by atoms with van der Waals surface area (Å²) in [6.07, 6.45) is 1.72. The van der Waals surface area contributed by atoms with E-state index in [1.807, 2.05) is 6.92 Å². The number of hydrogen-bond acceptors (Lipinski definition) is 5. The van der Waals surface area contributed by atoms with E-state index in [0.717, 1.165) is 24.6 Å². The van der Waals surface area contributed by atoms with Crippen molar-refractivity contribution >= 4 is 22.9 Å². The van der Waals surface area contributed by atoms with Gasteiger partial charge in [-0.1, -0.05) is 23.8 Å². The lowest BCUT2D eigenvalue weighted by molar-refractivity contribution is 0.373. The number of aryl methyl sites for hydroxylation is 1. The highest BCUT2D eigenvalue weighted by molar-refractivity contribution is 8.13. The van der Waals surface area contributed by atoms with Crippen LogP contribution in [0.4, 0.5) is 0 Å². The molecule has 1 aromatic rings. The number of guanidine groups is 1. The molecule has 0 saturated heterocycles. The second kappa shape index (κ2) is 6.11. The smallest absolute Gasteiger partial charge is 0.226 e. The van der Waals surface area contributed by atoms with Crippen LogP contribution in [0.2, 0.25) is 0 Å². The lowest BCUT2D eigenvalue weighted by Crippen LogP contribution is -2.23. The summed E-state index contributed by atoms with van der Waals surface area (Å²) in [6, 6.07) is 0. The van der Waals surface area contributed by atoms with E-state index in [4.69, 9.17) is 21.4 Å². The molecule has 1 rings (SSSR count). The van der Waals surface area contributed by atoms with Crippen molar-refractivity contribution in [1.29, 1.82) is 5.41 Å². The van der Waals surface area contributed by atoms with Crippen LogP contribution >= 0.6 is 11.8 Å². The Labute approximate surface area is 97.2 Å². The average Bonchev–Trinajstić information content (AvgIpc) is 2.62. The lowest BCUT2D eigenvalue weighted by atomic mass is 10.3.